The summed E-state index contributed by atoms with van der Waals surface area (Å²) in [6, 6.07) is 14.7. The second-order valence-corrected chi connectivity index (χ2v) is 8.58. The molecule has 0 unspecified atom stereocenters. The summed E-state index contributed by atoms with van der Waals surface area (Å²) in [4.78, 5) is 31.9. The Morgan fingerprint density at radius 1 is 1.08 bits per heavy atom. The van der Waals surface area contributed by atoms with Crippen LogP contribution >= 0.6 is 0 Å². The van der Waals surface area contributed by atoms with Gasteiger partial charge in [0, 0.05) is 18.5 Å². The number of hydrogen-bond donors (Lipinski definition) is 1. The molecule has 0 radical (unpaired) electrons. The minimum Gasteiger partial charge on any atom is -0.494 e. The van der Waals surface area contributed by atoms with Gasteiger partial charge in [-0.2, -0.15) is 5.21 Å². The van der Waals surface area contributed by atoms with Crippen LogP contribution in [0.4, 0.5) is 5.95 Å². The molecule has 2 heterocycles. The number of rotatable bonds is 12. The summed E-state index contributed by atoms with van der Waals surface area (Å²) in [5.74, 6) is 0.904. The van der Waals surface area contributed by atoms with E-state index in [1.54, 1.807) is 18.3 Å². The number of nitrogens with zero attached hydrogens (tertiary/aromatic N) is 6. The number of aromatic nitrogens is 6. The highest BCUT2D eigenvalue weighted by Crippen LogP contribution is 2.24. The average molecular weight is 518 g/mol. The SMILES string of the molecule is CCCCc1ncc(C(=O)N(Cc2ccccc2OCC)c2nn[nH]n2)n1Cc1ccc(C(=O)OC)cc1. The van der Waals surface area contributed by atoms with Crippen molar-refractivity contribution in [1.29, 1.82) is 0 Å². The number of para-hydroxylation sites is 1. The largest absolute Gasteiger partial charge is 0.494 e. The lowest BCUT2D eigenvalue weighted by atomic mass is 10.1. The third kappa shape index (κ3) is 6.05. The molecule has 11 nitrogen and oxygen atoms in total. The molecule has 0 aliphatic carbocycles. The molecule has 1 N–H and O–H groups in total. The van der Waals surface area contributed by atoms with Gasteiger partial charge in [0.05, 0.1) is 32.0 Å². The number of anilines is 1. The molecule has 2 aromatic carbocycles. The predicted octanol–water partition coefficient (Wildman–Crippen LogP) is 3.82. The number of H-pyrrole nitrogens is 1. The molecule has 0 saturated heterocycles. The highest BCUT2D eigenvalue weighted by atomic mass is 16.5. The van der Waals surface area contributed by atoms with Gasteiger partial charge in [-0.15, -0.1) is 5.10 Å². The van der Waals surface area contributed by atoms with Crippen molar-refractivity contribution in [2.75, 3.05) is 18.6 Å². The van der Waals surface area contributed by atoms with Crippen LogP contribution in [0.5, 0.6) is 5.75 Å². The first kappa shape index (κ1) is 26.5. The number of methoxy groups -OCH3 is 1. The minimum absolute atomic E-state index is 0.145. The number of hydrogen-bond acceptors (Lipinski definition) is 8. The number of imidazole rings is 1. The number of amides is 1. The summed E-state index contributed by atoms with van der Waals surface area (Å²) in [5, 5.41) is 14.3. The second-order valence-electron chi connectivity index (χ2n) is 8.58. The van der Waals surface area contributed by atoms with Gasteiger partial charge in [-0.05, 0) is 42.3 Å². The van der Waals surface area contributed by atoms with Crippen LogP contribution in [0.1, 0.15) is 64.5 Å². The third-order valence-electron chi connectivity index (χ3n) is 6.05. The van der Waals surface area contributed by atoms with Crippen LogP contribution in [0.3, 0.4) is 0 Å². The molecular formula is C27H31N7O4. The number of unbranched alkanes of at least 4 members (excludes halogenated alkanes) is 1. The molecule has 0 bridgehead atoms. The number of benzene rings is 2. The quantitative estimate of drug-likeness (QED) is 0.281. The smallest absolute Gasteiger partial charge is 0.337 e. The Labute approximate surface area is 220 Å². The fourth-order valence-corrected chi connectivity index (χ4v) is 4.09. The predicted molar refractivity (Wildman–Crippen MR) is 140 cm³/mol. The van der Waals surface area contributed by atoms with Gasteiger partial charge < -0.3 is 14.0 Å². The Balaban J connectivity index is 1.69. The fourth-order valence-electron chi connectivity index (χ4n) is 4.09. The molecule has 0 aliphatic rings. The van der Waals surface area contributed by atoms with Crippen molar-refractivity contribution in [2.45, 2.75) is 46.2 Å². The van der Waals surface area contributed by atoms with Crippen LogP contribution in [0.25, 0.3) is 0 Å². The summed E-state index contributed by atoms with van der Waals surface area (Å²) < 4.78 is 12.5. The van der Waals surface area contributed by atoms with Crippen LogP contribution in [0.2, 0.25) is 0 Å². The van der Waals surface area contributed by atoms with E-state index in [1.165, 1.54) is 12.0 Å². The molecule has 38 heavy (non-hydrogen) atoms. The number of aromatic amines is 1. The number of aryl methyl sites for hydroxylation is 1. The number of tetrazole rings is 1. The molecule has 0 aliphatic heterocycles. The zero-order chi connectivity index (χ0) is 26.9. The molecule has 1 amide bonds. The van der Waals surface area contributed by atoms with Crippen LogP contribution in [0, 0.1) is 0 Å². The van der Waals surface area contributed by atoms with E-state index in [0.29, 0.717) is 30.2 Å². The first-order chi connectivity index (χ1) is 18.5. The lowest BCUT2D eigenvalue weighted by Crippen LogP contribution is -2.33. The van der Waals surface area contributed by atoms with Crippen LogP contribution in [0.15, 0.2) is 54.7 Å². The van der Waals surface area contributed by atoms with Crippen molar-refractivity contribution in [1.82, 2.24) is 30.2 Å². The topological polar surface area (TPSA) is 128 Å². The molecule has 0 spiro atoms. The van der Waals surface area contributed by atoms with E-state index < -0.39 is 5.97 Å². The highest BCUT2D eigenvalue weighted by molar-refractivity contribution is 6.03. The summed E-state index contributed by atoms with van der Waals surface area (Å²) in [6.45, 7) is 5.09. The summed E-state index contributed by atoms with van der Waals surface area (Å²) >= 11 is 0. The van der Waals surface area contributed by atoms with Crippen molar-refractivity contribution >= 4 is 17.8 Å². The number of esters is 1. The Morgan fingerprint density at radius 2 is 1.87 bits per heavy atom. The van der Waals surface area contributed by atoms with Crippen molar-refractivity contribution in [2.24, 2.45) is 0 Å². The maximum atomic E-state index is 14.0. The fraction of sp³-hybridized carbons (Fsp3) is 0.333. The highest BCUT2D eigenvalue weighted by Gasteiger charge is 2.27. The van der Waals surface area contributed by atoms with Gasteiger partial charge in [-0.3, -0.25) is 9.69 Å². The third-order valence-corrected chi connectivity index (χ3v) is 6.05. The standard InChI is InChI=1S/C27H31N7O4/c1-4-6-11-24-28-16-22(33(24)17-19-12-14-20(15-13-19)26(36)37-3)25(35)34(27-29-31-32-30-27)18-21-9-7-8-10-23(21)38-5-2/h7-10,12-16H,4-6,11,17-18H2,1-3H3,(H,29,30,31,32). The van der Waals surface area contributed by atoms with Crippen molar-refractivity contribution < 1.29 is 19.1 Å². The van der Waals surface area contributed by atoms with Gasteiger partial charge in [0.1, 0.15) is 17.3 Å². The van der Waals surface area contributed by atoms with Gasteiger partial charge in [-0.25, -0.2) is 9.78 Å². The van der Waals surface area contributed by atoms with Crippen molar-refractivity contribution in [3.05, 3.63) is 82.9 Å². The zero-order valence-corrected chi connectivity index (χ0v) is 21.8. The molecule has 0 fully saturated rings. The van der Waals surface area contributed by atoms with Crippen LogP contribution < -0.4 is 9.64 Å². The van der Waals surface area contributed by atoms with Gasteiger partial charge >= 0.3 is 5.97 Å². The van der Waals surface area contributed by atoms with E-state index >= 15 is 0 Å². The van der Waals surface area contributed by atoms with E-state index in [9.17, 15) is 9.59 Å². The zero-order valence-electron chi connectivity index (χ0n) is 21.8. The van der Waals surface area contributed by atoms with Crippen molar-refractivity contribution in [3.8, 4) is 5.75 Å². The Bertz CT molecular complexity index is 1350. The first-order valence-electron chi connectivity index (χ1n) is 12.5. The maximum Gasteiger partial charge on any atom is 0.337 e. The summed E-state index contributed by atoms with van der Waals surface area (Å²) in [5.41, 5.74) is 2.57. The van der Waals surface area contributed by atoms with Crippen LogP contribution in [-0.4, -0.2) is 55.8 Å². The monoisotopic (exact) mass is 517 g/mol. The van der Waals surface area contributed by atoms with Gasteiger partial charge in [0.25, 0.3) is 11.9 Å². The molecule has 0 saturated carbocycles. The number of carbonyl (C=O) groups excluding carboxylic acids is 2. The van der Waals surface area contributed by atoms with E-state index in [2.05, 4.69) is 32.5 Å². The number of carbonyl (C=O) groups is 2. The summed E-state index contributed by atoms with van der Waals surface area (Å²) in [7, 11) is 1.35. The maximum absolute atomic E-state index is 14.0. The Morgan fingerprint density at radius 3 is 2.55 bits per heavy atom. The summed E-state index contributed by atoms with van der Waals surface area (Å²) in [6.07, 6.45) is 4.24. The lowest BCUT2D eigenvalue weighted by Gasteiger charge is -2.21. The van der Waals surface area contributed by atoms with E-state index in [-0.39, 0.29) is 18.4 Å². The average Bonchev–Trinajstić information content (AvgIpc) is 3.62. The van der Waals surface area contributed by atoms with Crippen LogP contribution in [-0.2, 0) is 24.2 Å². The Kier molecular flexibility index (Phi) is 8.81. The Hall–Kier alpha value is -4.54. The van der Waals surface area contributed by atoms with Crippen molar-refractivity contribution in [3.63, 3.8) is 0 Å². The molecule has 0 atom stereocenters. The van der Waals surface area contributed by atoms with E-state index in [4.69, 9.17) is 9.47 Å². The molecule has 198 valence electrons. The lowest BCUT2D eigenvalue weighted by molar-refractivity contribution is 0.0600. The normalized spacial score (nSPS) is 10.8. The molecule has 11 heteroatoms. The first-order valence-corrected chi connectivity index (χ1v) is 12.5. The second kappa shape index (κ2) is 12.6. The molecular weight excluding hydrogens is 486 g/mol. The molecule has 2 aromatic heterocycles. The number of nitrogens with one attached hydrogen (secondary N) is 1. The van der Waals surface area contributed by atoms with E-state index in [1.807, 2.05) is 47.9 Å². The van der Waals surface area contributed by atoms with Gasteiger partial charge in [-0.1, -0.05) is 48.8 Å². The minimum atomic E-state index is -0.401. The molecule has 4 rings (SSSR count). The van der Waals surface area contributed by atoms with Gasteiger partial charge in [0.15, 0.2) is 0 Å². The number of ether oxygens (including phenoxy) is 2. The van der Waals surface area contributed by atoms with Gasteiger partial charge in [0.2, 0.25) is 0 Å². The van der Waals surface area contributed by atoms with E-state index in [0.717, 1.165) is 36.2 Å². The molecule has 4 aromatic rings.